The predicted octanol–water partition coefficient (Wildman–Crippen LogP) is 2.52. The summed E-state index contributed by atoms with van der Waals surface area (Å²) in [5.74, 6) is -0.559. The van der Waals surface area contributed by atoms with E-state index in [0.29, 0.717) is 31.6 Å². The summed E-state index contributed by atoms with van der Waals surface area (Å²) in [5, 5.41) is 5.20. The second kappa shape index (κ2) is 8.11. The van der Waals surface area contributed by atoms with Crippen molar-refractivity contribution < 1.29 is 22.7 Å². The number of rotatable bonds is 7. The fourth-order valence-electron chi connectivity index (χ4n) is 1.92. The molecule has 1 heterocycles. The molecule has 3 N–H and O–H groups in total. The summed E-state index contributed by atoms with van der Waals surface area (Å²) in [4.78, 5) is 16.1. The SMILES string of the molecule is NCCc1nc(C(=O)NCCc2ccc(OC(F)(F)F)cc2)cs1. The van der Waals surface area contributed by atoms with Crippen LogP contribution in [0.15, 0.2) is 29.6 Å². The maximum absolute atomic E-state index is 12.1. The Morgan fingerprint density at radius 1 is 1.25 bits per heavy atom. The summed E-state index contributed by atoms with van der Waals surface area (Å²) >= 11 is 1.38. The van der Waals surface area contributed by atoms with E-state index in [0.717, 1.165) is 10.6 Å². The average molecular weight is 359 g/mol. The molecule has 0 fully saturated rings. The van der Waals surface area contributed by atoms with Gasteiger partial charge in [-0.25, -0.2) is 4.98 Å². The van der Waals surface area contributed by atoms with Crippen molar-refractivity contribution in [3.63, 3.8) is 0 Å². The first kappa shape index (κ1) is 18.2. The van der Waals surface area contributed by atoms with Gasteiger partial charge in [-0.15, -0.1) is 24.5 Å². The quantitative estimate of drug-likeness (QED) is 0.796. The molecule has 0 aliphatic carbocycles. The Kier molecular flexibility index (Phi) is 6.16. The van der Waals surface area contributed by atoms with Gasteiger partial charge in [0.1, 0.15) is 11.4 Å². The number of nitrogens with one attached hydrogen (secondary N) is 1. The molecule has 0 unspecified atom stereocenters. The number of thiazole rings is 1. The number of benzene rings is 1. The summed E-state index contributed by atoms with van der Waals surface area (Å²) in [6.07, 6.45) is -3.59. The number of halogens is 3. The van der Waals surface area contributed by atoms with Crippen LogP contribution >= 0.6 is 11.3 Å². The van der Waals surface area contributed by atoms with Crippen molar-refractivity contribution in [3.05, 3.63) is 45.9 Å². The largest absolute Gasteiger partial charge is 0.573 e. The highest BCUT2D eigenvalue weighted by Crippen LogP contribution is 2.22. The lowest BCUT2D eigenvalue weighted by Crippen LogP contribution is -2.26. The molecule has 1 amide bonds. The highest BCUT2D eigenvalue weighted by Gasteiger charge is 2.30. The van der Waals surface area contributed by atoms with Gasteiger partial charge in [0.05, 0.1) is 5.01 Å². The minimum atomic E-state index is -4.70. The minimum absolute atomic E-state index is 0.273. The number of hydrogen-bond acceptors (Lipinski definition) is 5. The number of aromatic nitrogens is 1. The normalized spacial score (nSPS) is 11.3. The van der Waals surface area contributed by atoms with Gasteiger partial charge >= 0.3 is 6.36 Å². The van der Waals surface area contributed by atoms with Crippen LogP contribution in [0.3, 0.4) is 0 Å². The van der Waals surface area contributed by atoms with Crippen molar-refractivity contribution in [1.82, 2.24) is 10.3 Å². The summed E-state index contributed by atoms with van der Waals surface area (Å²) in [5.41, 5.74) is 6.56. The van der Waals surface area contributed by atoms with E-state index in [2.05, 4.69) is 15.0 Å². The van der Waals surface area contributed by atoms with Gasteiger partial charge in [-0.2, -0.15) is 0 Å². The third-order valence-corrected chi connectivity index (χ3v) is 3.91. The Morgan fingerprint density at radius 3 is 2.58 bits per heavy atom. The lowest BCUT2D eigenvalue weighted by atomic mass is 10.1. The first-order valence-electron chi connectivity index (χ1n) is 7.15. The monoisotopic (exact) mass is 359 g/mol. The number of carbonyl (C=O) groups is 1. The standard InChI is InChI=1S/C15H16F3N3O2S/c16-15(17,18)23-11-3-1-10(2-4-11)6-8-20-14(22)12-9-24-13(21-12)5-7-19/h1-4,9H,5-8,19H2,(H,20,22). The Labute approximate surface area is 140 Å². The van der Waals surface area contributed by atoms with Gasteiger partial charge in [-0.05, 0) is 30.7 Å². The highest BCUT2D eigenvalue weighted by molar-refractivity contribution is 7.09. The van der Waals surface area contributed by atoms with E-state index >= 15 is 0 Å². The zero-order chi connectivity index (χ0) is 17.6. The topological polar surface area (TPSA) is 77.2 Å². The lowest BCUT2D eigenvalue weighted by Gasteiger charge is -2.09. The van der Waals surface area contributed by atoms with Crippen molar-refractivity contribution in [1.29, 1.82) is 0 Å². The van der Waals surface area contributed by atoms with Gasteiger partial charge < -0.3 is 15.8 Å². The molecule has 2 aromatic rings. The van der Waals surface area contributed by atoms with E-state index in [1.54, 1.807) is 5.38 Å². The third kappa shape index (κ3) is 5.82. The molecular weight excluding hydrogens is 343 g/mol. The zero-order valence-corrected chi connectivity index (χ0v) is 13.4. The van der Waals surface area contributed by atoms with Gasteiger partial charge in [-0.3, -0.25) is 4.79 Å². The van der Waals surface area contributed by atoms with Crippen LogP contribution in [-0.4, -0.2) is 30.3 Å². The van der Waals surface area contributed by atoms with Crippen LogP contribution in [0.1, 0.15) is 21.1 Å². The lowest BCUT2D eigenvalue weighted by molar-refractivity contribution is -0.274. The number of hydrogen-bond donors (Lipinski definition) is 2. The molecule has 0 bridgehead atoms. The average Bonchev–Trinajstić information content (AvgIpc) is 2.96. The van der Waals surface area contributed by atoms with E-state index in [9.17, 15) is 18.0 Å². The van der Waals surface area contributed by atoms with Gasteiger partial charge in [-0.1, -0.05) is 12.1 Å². The number of carbonyl (C=O) groups excluding carboxylic acids is 1. The molecule has 0 aliphatic rings. The molecule has 130 valence electrons. The number of ether oxygens (including phenoxy) is 1. The summed E-state index contributed by atoms with van der Waals surface area (Å²) in [7, 11) is 0. The molecule has 0 saturated heterocycles. The fourth-order valence-corrected chi connectivity index (χ4v) is 2.72. The zero-order valence-electron chi connectivity index (χ0n) is 12.6. The molecule has 0 saturated carbocycles. The number of alkyl halides is 3. The van der Waals surface area contributed by atoms with E-state index < -0.39 is 6.36 Å². The smallest absolute Gasteiger partial charge is 0.406 e. The van der Waals surface area contributed by atoms with Crippen LogP contribution in [0.25, 0.3) is 0 Å². The first-order valence-corrected chi connectivity index (χ1v) is 8.02. The summed E-state index contributed by atoms with van der Waals surface area (Å²) < 4.78 is 40.0. The molecule has 0 radical (unpaired) electrons. The molecule has 0 spiro atoms. The maximum atomic E-state index is 12.1. The van der Waals surface area contributed by atoms with Gasteiger partial charge in [0.25, 0.3) is 5.91 Å². The van der Waals surface area contributed by atoms with Crippen LogP contribution in [0.4, 0.5) is 13.2 Å². The van der Waals surface area contributed by atoms with E-state index in [1.807, 2.05) is 0 Å². The van der Waals surface area contributed by atoms with Gasteiger partial charge in [0.15, 0.2) is 0 Å². The number of amides is 1. The van der Waals surface area contributed by atoms with Crippen molar-refractivity contribution in [3.8, 4) is 5.75 Å². The Hall–Kier alpha value is -2.13. The van der Waals surface area contributed by atoms with Gasteiger partial charge in [0.2, 0.25) is 0 Å². The number of nitrogens with two attached hydrogens (primary N) is 1. The molecule has 1 aromatic heterocycles. The Balaban J connectivity index is 1.79. The van der Waals surface area contributed by atoms with Crippen LogP contribution in [0.2, 0.25) is 0 Å². The van der Waals surface area contributed by atoms with E-state index in [4.69, 9.17) is 5.73 Å². The molecule has 24 heavy (non-hydrogen) atoms. The second-order valence-corrected chi connectivity index (χ2v) is 5.81. The molecule has 2 rings (SSSR count). The second-order valence-electron chi connectivity index (χ2n) is 4.86. The Bertz CT molecular complexity index is 671. The third-order valence-electron chi connectivity index (χ3n) is 3.00. The minimum Gasteiger partial charge on any atom is -0.406 e. The van der Waals surface area contributed by atoms with Crippen molar-refractivity contribution in [2.24, 2.45) is 5.73 Å². The molecule has 5 nitrogen and oxygen atoms in total. The first-order chi connectivity index (χ1) is 11.4. The summed E-state index contributed by atoms with van der Waals surface area (Å²) in [6, 6.07) is 5.53. The Morgan fingerprint density at radius 2 is 1.96 bits per heavy atom. The maximum Gasteiger partial charge on any atom is 0.573 e. The van der Waals surface area contributed by atoms with Crippen molar-refractivity contribution >= 4 is 17.2 Å². The predicted molar refractivity (Wildman–Crippen MR) is 84.0 cm³/mol. The van der Waals surface area contributed by atoms with Crippen LogP contribution in [0, 0.1) is 0 Å². The number of nitrogens with zero attached hydrogens (tertiary/aromatic N) is 1. The van der Waals surface area contributed by atoms with Crippen LogP contribution < -0.4 is 15.8 Å². The van der Waals surface area contributed by atoms with Crippen molar-refractivity contribution in [2.45, 2.75) is 19.2 Å². The molecule has 0 aliphatic heterocycles. The van der Waals surface area contributed by atoms with Crippen molar-refractivity contribution in [2.75, 3.05) is 13.1 Å². The summed E-state index contributed by atoms with van der Waals surface area (Å²) in [6.45, 7) is 0.824. The molecular formula is C15H16F3N3O2S. The van der Waals surface area contributed by atoms with E-state index in [1.165, 1.54) is 35.6 Å². The molecule has 9 heteroatoms. The highest BCUT2D eigenvalue weighted by atomic mass is 32.1. The van der Waals surface area contributed by atoms with E-state index in [-0.39, 0.29) is 11.7 Å². The van der Waals surface area contributed by atoms with Crippen LogP contribution in [-0.2, 0) is 12.8 Å². The van der Waals surface area contributed by atoms with Gasteiger partial charge in [0, 0.05) is 18.3 Å². The fraction of sp³-hybridized carbons (Fsp3) is 0.333. The molecule has 1 aromatic carbocycles. The molecule has 0 atom stereocenters. The van der Waals surface area contributed by atoms with Crippen LogP contribution in [0.5, 0.6) is 5.75 Å².